The van der Waals surface area contributed by atoms with Crippen LogP contribution >= 0.6 is 23.5 Å². The van der Waals surface area contributed by atoms with Gasteiger partial charge in [-0.05, 0) is 56.7 Å². The second kappa shape index (κ2) is 10.5. The fourth-order valence-corrected chi connectivity index (χ4v) is 3.99. The van der Waals surface area contributed by atoms with Gasteiger partial charge in [-0.1, -0.05) is 36.7 Å². The number of amides is 1. The number of hydrogen-bond donors (Lipinski definition) is 4. The minimum Gasteiger partial charge on any atom is -0.395 e. The average Bonchev–Trinajstić information content (AvgIpc) is 2.64. The molecule has 1 aliphatic carbocycles. The van der Waals surface area contributed by atoms with Gasteiger partial charge in [-0.3, -0.25) is 9.52 Å². The lowest BCUT2D eigenvalue weighted by Crippen LogP contribution is -2.49. The molecule has 1 aliphatic rings. The first-order chi connectivity index (χ1) is 12.8. The maximum atomic E-state index is 12.0. The first-order valence-corrected chi connectivity index (χ1v) is 10.5. The quantitative estimate of drug-likeness (QED) is 0.470. The van der Waals surface area contributed by atoms with E-state index in [1.54, 1.807) is 11.9 Å². The summed E-state index contributed by atoms with van der Waals surface area (Å²) in [6.45, 7) is 7.55. The summed E-state index contributed by atoms with van der Waals surface area (Å²) >= 11 is 7.76. The van der Waals surface area contributed by atoms with E-state index in [-0.39, 0.29) is 18.1 Å². The molecule has 7 heteroatoms. The molecule has 1 aromatic carbocycles. The molecule has 2 atom stereocenters. The molecule has 0 aromatic heterocycles. The maximum absolute atomic E-state index is 12.0. The molecule has 0 saturated heterocycles. The number of nitrogens with one attached hydrogen (secondary N) is 3. The van der Waals surface area contributed by atoms with Gasteiger partial charge in [0.05, 0.1) is 11.6 Å². The van der Waals surface area contributed by atoms with Gasteiger partial charge in [0.15, 0.2) is 0 Å². The zero-order valence-corrected chi connectivity index (χ0v) is 17.8. The number of carbonyl (C=O) groups is 1. The van der Waals surface area contributed by atoms with Crippen molar-refractivity contribution in [2.24, 2.45) is 5.92 Å². The van der Waals surface area contributed by atoms with Gasteiger partial charge >= 0.3 is 0 Å². The van der Waals surface area contributed by atoms with Crippen molar-refractivity contribution in [2.45, 2.75) is 50.1 Å². The van der Waals surface area contributed by atoms with Crippen molar-refractivity contribution in [3.63, 3.8) is 0 Å². The standard InChI is InChI=1S/C20H30ClN3O2S/c1-14-12-15(19(26)22-10-11-25)8-9-17(14)23-13-20(2,3)24-27-18-7-5-4-6-16(18)21/h4-8,14,17,23-25H,9-13H2,1-3H3,(H,22,26). The minimum atomic E-state index is -0.119. The Hall–Kier alpha value is -1.05. The second-order valence-electron chi connectivity index (χ2n) is 7.63. The molecule has 4 N–H and O–H groups in total. The molecule has 1 amide bonds. The molecule has 0 heterocycles. The van der Waals surface area contributed by atoms with E-state index in [1.807, 2.05) is 30.3 Å². The lowest BCUT2D eigenvalue weighted by molar-refractivity contribution is -0.118. The summed E-state index contributed by atoms with van der Waals surface area (Å²) in [4.78, 5) is 13.1. The van der Waals surface area contributed by atoms with Crippen LogP contribution in [0.5, 0.6) is 0 Å². The van der Waals surface area contributed by atoms with E-state index < -0.39 is 0 Å². The van der Waals surface area contributed by atoms with Gasteiger partial charge in [0.2, 0.25) is 5.91 Å². The zero-order chi connectivity index (χ0) is 19.9. The van der Waals surface area contributed by atoms with E-state index in [9.17, 15) is 4.79 Å². The van der Waals surface area contributed by atoms with E-state index in [2.05, 4.69) is 36.1 Å². The predicted molar refractivity (Wildman–Crippen MR) is 113 cm³/mol. The number of aliphatic hydroxyl groups is 1. The molecule has 150 valence electrons. The summed E-state index contributed by atoms with van der Waals surface area (Å²) in [5.74, 6) is 0.310. The van der Waals surface area contributed by atoms with Crippen LogP contribution in [0.2, 0.25) is 5.02 Å². The van der Waals surface area contributed by atoms with Crippen molar-refractivity contribution < 1.29 is 9.90 Å². The summed E-state index contributed by atoms with van der Waals surface area (Å²) in [6.07, 6.45) is 3.59. The molecule has 2 unspecified atom stereocenters. The van der Waals surface area contributed by atoms with Crippen molar-refractivity contribution in [1.29, 1.82) is 0 Å². The molecule has 0 bridgehead atoms. The van der Waals surface area contributed by atoms with Crippen LogP contribution in [0.25, 0.3) is 0 Å². The van der Waals surface area contributed by atoms with E-state index in [4.69, 9.17) is 16.7 Å². The molecule has 2 rings (SSSR count). The lowest BCUT2D eigenvalue weighted by Gasteiger charge is -2.33. The number of benzene rings is 1. The Bertz CT molecular complexity index is 666. The highest BCUT2D eigenvalue weighted by Gasteiger charge is 2.27. The summed E-state index contributed by atoms with van der Waals surface area (Å²) in [7, 11) is 0. The molecule has 0 fully saturated rings. The third kappa shape index (κ3) is 7.12. The van der Waals surface area contributed by atoms with Crippen molar-refractivity contribution >= 4 is 29.5 Å². The van der Waals surface area contributed by atoms with E-state index >= 15 is 0 Å². The number of aliphatic hydroxyl groups excluding tert-OH is 1. The van der Waals surface area contributed by atoms with E-state index in [0.29, 0.717) is 18.5 Å². The van der Waals surface area contributed by atoms with Crippen LogP contribution in [-0.4, -0.2) is 42.3 Å². The molecule has 0 spiro atoms. The molecule has 0 radical (unpaired) electrons. The molecule has 0 saturated carbocycles. The van der Waals surface area contributed by atoms with Crippen molar-refractivity contribution in [2.75, 3.05) is 19.7 Å². The van der Waals surface area contributed by atoms with Gasteiger partial charge in [-0.2, -0.15) is 0 Å². The molecule has 5 nitrogen and oxygen atoms in total. The summed E-state index contributed by atoms with van der Waals surface area (Å²) < 4.78 is 3.49. The number of carbonyl (C=O) groups excluding carboxylic acids is 1. The Labute approximate surface area is 171 Å². The highest BCUT2D eigenvalue weighted by molar-refractivity contribution is 7.97. The van der Waals surface area contributed by atoms with Crippen LogP contribution < -0.4 is 15.4 Å². The van der Waals surface area contributed by atoms with Gasteiger partial charge in [0.1, 0.15) is 0 Å². The normalized spacial score (nSPS) is 20.3. The lowest BCUT2D eigenvalue weighted by atomic mass is 9.85. The van der Waals surface area contributed by atoms with Gasteiger partial charge in [0.25, 0.3) is 0 Å². The second-order valence-corrected chi connectivity index (χ2v) is 8.89. The minimum absolute atomic E-state index is 0.0347. The van der Waals surface area contributed by atoms with Crippen molar-refractivity contribution in [1.82, 2.24) is 15.4 Å². The van der Waals surface area contributed by atoms with E-state index in [1.165, 1.54) is 0 Å². The van der Waals surface area contributed by atoms with Crippen LogP contribution in [0, 0.1) is 5.92 Å². The summed E-state index contributed by atoms with van der Waals surface area (Å²) in [5.41, 5.74) is 0.701. The van der Waals surface area contributed by atoms with Gasteiger partial charge in [0, 0.05) is 35.1 Å². The Morgan fingerprint density at radius 1 is 1.37 bits per heavy atom. The van der Waals surface area contributed by atoms with Crippen LogP contribution in [0.1, 0.15) is 33.6 Å². The Morgan fingerprint density at radius 3 is 2.78 bits per heavy atom. The summed E-state index contributed by atoms with van der Waals surface area (Å²) in [5, 5.41) is 15.9. The number of halogens is 1. The predicted octanol–water partition coefficient (Wildman–Crippen LogP) is 3.14. The van der Waals surface area contributed by atoms with Gasteiger partial charge < -0.3 is 15.7 Å². The zero-order valence-electron chi connectivity index (χ0n) is 16.2. The topological polar surface area (TPSA) is 73.4 Å². The van der Waals surface area contributed by atoms with Gasteiger partial charge in [-0.25, -0.2) is 0 Å². The highest BCUT2D eigenvalue weighted by Crippen LogP contribution is 2.27. The molecular weight excluding hydrogens is 382 g/mol. The number of hydrogen-bond acceptors (Lipinski definition) is 5. The first kappa shape index (κ1) is 22.2. The first-order valence-electron chi connectivity index (χ1n) is 9.32. The number of rotatable bonds is 9. The van der Waals surface area contributed by atoms with Gasteiger partial charge in [-0.15, -0.1) is 0 Å². The third-order valence-corrected chi connectivity index (χ3v) is 6.29. The smallest absolute Gasteiger partial charge is 0.246 e. The average molecular weight is 412 g/mol. The van der Waals surface area contributed by atoms with E-state index in [0.717, 1.165) is 34.9 Å². The largest absolute Gasteiger partial charge is 0.395 e. The fourth-order valence-electron chi connectivity index (χ4n) is 2.97. The third-order valence-electron chi connectivity index (χ3n) is 4.62. The Morgan fingerprint density at radius 2 is 2.11 bits per heavy atom. The molecule has 27 heavy (non-hydrogen) atoms. The highest BCUT2D eigenvalue weighted by atomic mass is 35.5. The Kier molecular flexibility index (Phi) is 8.63. The fraction of sp³-hybridized carbons (Fsp3) is 0.550. The Balaban J connectivity index is 1.82. The SMILES string of the molecule is CC1CC(C(=O)NCCO)=CCC1NCC(C)(C)NSc1ccccc1Cl. The van der Waals surface area contributed by atoms with Crippen LogP contribution in [0.15, 0.2) is 40.8 Å². The maximum Gasteiger partial charge on any atom is 0.246 e. The monoisotopic (exact) mass is 411 g/mol. The van der Waals surface area contributed by atoms with Crippen LogP contribution in [-0.2, 0) is 4.79 Å². The molecule has 0 aliphatic heterocycles. The van der Waals surface area contributed by atoms with Crippen LogP contribution in [0.4, 0.5) is 0 Å². The molecule has 1 aromatic rings. The molecular formula is C20H30ClN3O2S. The van der Waals surface area contributed by atoms with Crippen LogP contribution in [0.3, 0.4) is 0 Å². The summed E-state index contributed by atoms with van der Waals surface area (Å²) in [6, 6.07) is 8.13. The van der Waals surface area contributed by atoms with Crippen molar-refractivity contribution in [3.05, 3.63) is 40.9 Å². The van der Waals surface area contributed by atoms with Crippen molar-refractivity contribution in [3.8, 4) is 0 Å².